The van der Waals surface area contributed by atoms with E-state index in [1.54, 1.807) is 6.92 Å². The summed E-state index contributed by atoms with van der Waals surface area (Å²) in [4.78, 5) is 10.5. The number of hydrogen-bond donors (Lipinski definition) is 1. The number of ether oxygens (including phenoxy) is 1. The second-order valence-corrected chi connectivity index (χ2v) is 2.17. The maximum Gasteiger partial charge on any atom is 0.306 e. The van der Waals surface area contributed by atoms with Crippen LogP contribution >= 0.6 is 11.9 Å². The number of hydrogen-bond acceptors (Lipinski definition) is 4. The highest BCUT2D eigenvalue weighted by Gasteiger charge is 1.98. The third-order valence-corrected chi connectivity index (χ3v) is 1.17. The fourth-order valence-corrected chi connectivity index (χ4v) is 0.660. The topological polar surface area (TPSA) is 52.3 Å². The Morgan fingerprint density at radius 1 is 1.78 bits per heavy atom. The van der Waals surface area contributed by atoms with Crippen LogP contribution < -0.4 is 5.14 Å². The molecule has 0 aliphatic carbocycles. The molecule has 0 spiro atoms. The lowest BCUT2D eigenvalue weighted by Gasteiger charge is -1.97. The van der Waals surface area contributed by atoms with Crippen LogP contribution in [0.3, 0.4) is 0 Å². The van der Waals surface area contributed by atoms with Gasteiger partial charge >= 0.3 is 5.97 Å². The van der Waals surface area contributed by atoms with Crippen molar-refractivity contribution in [2.75, 3.05) is 12.4 Å². The molecule has 0 amide bonds. The van der Waals surface area contributed by atoms with Crippen molar-refractivity contribution < 1.29 is 9.53 Å². The zero-order valence-electron chi connectivity index (χ0n) is 5.42. The minimum atomic E-state index is -0.171. The Balaban J connectivity index is 3.06. The van der Waals surface area contributed by atoms with Gasteiger partial charge in [0, 0.05) is 5.75 Å². The first-order valence-corrected chi connectivity index (χ1v) is 3.83. The molecule has 0 aromatic carbocycles. The predicted molar refractivity (Wildman–Crippen MR) is 37.9 cm³/mol. The summed E-state index contributed by atoms with van der Waals surface area (Å²) in [6.45, 7) is 2.24. The zero-order chi connectivity index (χ0) is 7.11. The van der Waals surface area contributed by atoms with E-state index in [1.807, 2.05) is 0 Å². The molecule has 9 heavy (non-hydrogen) atoms. The van der Waals surface area contributed by atoms with Gasteiger partial charge in [-0.05, 0) is 6.92 Å². The Bertz CT molecular complexity index is 87.0. The summed E-state index contributed by atoms with van der Waals surface area (Å²) in [7, 11) is 0. The van der Waals surface area contributed by atoms with Crippen molar-refractivity contribution in [2.45, 2.75) is 13.3 Å². The van der Waals surface area contributed by atoms with Gasteiger partial charge < -0.3 is 4.74 Å². The number of carbonyl (C=O) groups is 1. The Morgan fingerprint density at radius 2 is 2.44 bits per heavy atom. The van der Waals surface area contributed by atoms with Crippen LogP contribution in [-0.4, -0.2) is 18.3 Å². The minimum absolute atomic E-state index is 0.171. The van der Waals surface area contributed by atoms with Gasteiger partial charge in [0.1, 0.15) is 0 Å². The van der Waals surface area contributed by atoms with Gasteiger partial charge in [-0.1, -0.05) is 11.9 Å². The van der Waals surface area contributed by atoms with E-state index < -0.39 is 0 Å². The first-order chi connectivity index (χ1) is 4.31. The van der Waals surface area contributed by atoms with Crippen LogP contribution in [0.5, 0.6) is 0 Å². The van der Waals surface area contributed by atoms with Crippen molar-refractivity contribution in [2.24, 2.45) is 5.14 Å². The number of esters is 1. The second-order valence-electron chi connectivity index (χ2n) is 1.43. The van der Waals surface area contributed by atoms with Crippen molar-refractivity contribution in [3.8, 4) is 0 Å². The Kier molecular flexibility index (Phi) is 5.76. The zero-order valence-corrected chi connectivity index (χ0v) is 6.24. The lowest BCUT2D eigenvalue weighted by Crippen LogP contribution is -2.05. The van der Waals surface area contributed by atoms with E-state index in [4.69, 9.17) is 5.14 Å². The maximum absolute atomic E-state index is 10.5. The molecular formula is C5H11NO2S. The van der Waals surface area contributed by atoms with Gasteiger partial charge in [-0.15, -0.1) is 0 Å². The number of nitrogens with two attached hydrogens (primary N) is 1. The van der Waals surface area contributed by atoms with Crippen molar-refractivity contribution in [3.05, 3.63) is 0 Å². The van der Waals surface area contributed by atoms with E-state index in [0.717, 1.165) is 11.9 Å². The molecule has 0 saturated heterocycles. The summed E-state index contributed by atoms with van der Waals surface area (Å²) in [5.41, 5.74) is 0. The average Bonchev–Trinajstić information content (AvgIpc) is 1.85. The first kappa shape index (κ1) is 8.78. The molecule has 0 aromatic rings. The smallest absolute Gasteiger partial charge is 0.306 e. The van der Waals surface area contributed by atoms with Crippen LogP contribution in [-0.2, 0) is 9.53 Å². The molecule has 0 fully saturated rings. The SMILES string of the molecule is CCOC(=O)CCSN. The Morgan fingerprint density at radius 3 is 2.89 bits per heavy atom. The normalized spacial score (nSPS) is 9.11. The monoisotopic (exact) mass is 149 g/mol. The standard InChI is InChI=1S/C5H11NO2S/c1-2-8-5(7)3-4-9-6/h2-4,6H2,1H3. The molecule has 0 rings (SSSR count). The molecule has 0 heterocycles. The highest BCUT2D eigenvalue weighted by Crippen LogP contribution is 1.92. The summed E-state index contributed by atoms with van der Waals surface area (Å²) in [6, 6.07) is 0. The molecule has 4 heteroatoms. The van der Waals surface area contributed by atoms with Gasteiger partial charge in [0.2, 0.25) is 0 Å². The van der Waals surface area contributed by atoms with E-state index in [1.165, 1.54) is 0 Å². The van der Waals surface area contributed by atoms with E-state index in [0.29, 0.717) is 18.8 Å². The van der Waals surface area contributed by atoms with Gasteiger partial charge in [-0.2, -0.15) is 0 Å². The predicted octanol–water partition coefficient (Wildman–Crippen LogP) is 0.547. The summed E-state index contributed by atoms with van der Waals surface area (Å²) in [5, 5.41) is 5.08. The Labute approximate surface area is 59.1 Å². The van der Waals surface area contributed by atoms with Gasteiger partial charge in [-0.3, -0.25) is 9.93 Å². The largest absolute Gasteiger partial charge is 0.466 e. The van der Waals surface area contributed by atoms with E-state index in [9.17, 15) is 4.79 Å². The van der Waals surface area contributed by atoms with Crippen LogP contribution in [0.1, 0.15) is 13.3 Å². The third-order valence-electron chi connectivity index (χ3n) is 0.729. The fourth-order valence-electron chi connectivity index (χ4n) is 0.375. The van der Waals surface area contributed by atoms with Crippen LogP contribution in [0, 0.1) is 0 Å². The second kappa shape index (κ2) is 5.91. The third kappa shape index (κ3) is 5.65. The highest BCUT2D eigenvalue weighted by atomic mass is 32.2. The van der Waals surface area contributed by atoms with Gasteiger partial charge in [0.15, 0.2) is 0 Å². The van der Waals surface area contributed by atoms with E-state index >= 15 is 0 Å². The van der Waals surface area contributed by atoms with Crippen molar-refractivity contribution in [1.29, 1.82) is 0 Å². The molecule has 0 saturated carbocycles. The lowest BCUT2D eigenvalue weighted by molar-refractivity contribution is -0.142. The molecule has 0 aliphatic heterocycles. The number of carbonyl (C=O) groups excluding carboxylic acids is 1. The molecule has 0 aliphatic rings. The van der Waals surface area contributed by atoms with Gasteiger partial charge in [0.05, 0.1) is 13.0 Å². The van der Waals surface area contributed by atoms with Crippen molar-refractivity contribution >= 4 is 17.9 Å². The molecule has 2 N–H and O–H groups in total. The van der Waals surface area contributed by atoms with E-state index in [2.05, 4.69) is 4.74 Å². The fraction of sp³-hybridized carbons (Fsp3) is 0.800. The summed E-state index contributed by atoms with van der Waals surface area (Å²) >= 11 is 1.15. The summed E-state index contributed by atoms with van der Waals surface area (Å²) in [5.74, 6) is 0.467. The lowest BCUT2D eigenvalue weighted by atomic mass is 10.5. The van der Waals surface area contributed by atoms with Gasteiger partial charge in [0.25, 0.3) is 0 Å². The summed E-state index contributed by atoms with van der Waals surface area (Å²) in [6.07, 6.45) is 0.412. The van der Waals surface area contributed by atoms with Gasteiger partial charge in [-0.25, -0.2) is 0 Å². The molecule has 54 valence electrons. The molecular weight excluding hydrogens is 138 g/mol. The van der Waals surface area contributed by atoms with Crippen LogP contribution in [0.15, 0.2) is 0 Å². The van der Waals surface area contributed by atoms with Crippen molar-refractivity contribution in [3.63, 3.8) is 0 Å². The van der Waals surface area contributed by atoms with Crippen LogP contribution in [0.2, 0.25) is 0 Å². The molecule has 3 nitrogen and oxygen atoms in total. The van der Waals surface area contributed by atoms with E-state index in [-0.39, 0.29) is 5.97 Å². The van der Waals surface area contributed by atoms with Crippen molar-refractivity contribution in [1.82, 2.24) is 0 Å². The minimum Gasteiger partial charge on any atom is -0.466 e. The quantitative estimate of drug-likeness (QED) is 0.468. The molecule has 0 bridgehead atoms. The van der Waals surface area contributed by atoms with Crippen LogP contribution in [0.4, 0.5) is 0 Å². The molecule has 0 radical (unpaired) electrons. The molecule has 0 aromatic heterocycles. The molecule has 0 atom stereocenters. The number of rotatable bonds is 4. The maximum atomic E-state index is 10.5. The van der Waals surface area contributed by atoms with Crippen LogP contribution in [0.25, 0.3) is 0 Å². The molecule has 0 unspecified atom stereocenters. The first-order valence-electron chi connectivity index (χ1n) is 2.78. The average molecular weight is 149 g/mol. The summed E-state index contributed by atoms with van der Waals surface area (Å²) < 4.78 is 4.64. The Hall–Kier alpha value is -0.220. The highest BCUT2D eigenvalue weighted by molar-refractivity contribution is 7.97.